The Labute approximate surface area is 136 Å². The van der Waals surface area contributed by atoms with Crippen molar-refractivity contribution in [2.24, 2.45) is 5.84 Å². The highest BCUT2D eigenvalue weighted by Gasteiger charge is 2.17. The molecule has 108 valence electrons. The lowest BCUT2D eigenvalue weighted by Crippen LogP contribution is -2.29. The maximum Gasteiger partial charge on any atom is 0.0992 e. The van der Waals surface area contributed by atoms with Crippen molar-refractivity contribution in [1.82, 2.24) is 10.4 Å². The minimum Gasteiger partial charge on any atom is -0.271 e. The van der Waals surface area contributed by atoms with Crippen LogP contribution in [0.3, 0.4) is 0 Å². The molecule has 2 aromatic heterocycles. The monoisotopic (exact) mass is 337 g/mol. The van der Waals surface area contributed by atoms with Gasteiger partial charge in [0.15, 0.2) is 0 Å². The zero-order valence-electron chi connectivity index (χ0n) is 11.0. The molecule has 1 unspecified atom stereocenters. The van der Waals surface area contributed by atoms with Gasteiger partial charge in [-0.25, -0.2) is 0 Å². The van der Waals surface area contributed by atoms with Gasteiger partial charge in [-0.1, -0.05) is 47.5 Å². The zero-order chi connectivity index (χ0) is 14.8. The van der Waals surface area contributed by atoms with Crippen molar-refractivity contribution in [2.45, 2.75) is 12.5 Å². The predicted molar refractivity (Wildman–Crippen MR) is 89.9 cm³/mol. The van der Waals surface area contributed by atoms with Crippen LogP contribution in [0.25, 0.3) is 10.9 Å². The summed E-state index contributed by atoms with van der Waals surface area (Å²) in [5.41, 5.74) is 5.63. The largest absolute Gasteiger partial charge is 0.271 e. The van der Waals surface area contributed by atoms with Crippen LogP contribution in [0.15, 0.2) is 42.5 Å². The number of nitrogens with zero attached hydrogens (tertiary/aromatic N) is 1. The minimum absolute atomic E-state index is 0.116. The van der Waals surface area contributed by atoms with Crippen molar-refractivity contribution in [3.8, 4) is 0 Å². The van der Waals surface area contributed by atoms with Crippen LogP contribution in [0, 0.1) is 0 Å². The van der Waals surface area contributed by atoms with Gasteiger partial charge in [0.25, 0.3) is 0 Å². The van der Waals surface area contributed by atoms with E-state index in [4.69, 9.17) is 29.0 Å². The summed E-state index contributed by atoms with van der Waals surface area (Å²) in [7, 11) is 0. The number of thiophene rings is 1. The van der Waals surface area contributed by atoms with Crippen LogP contribution in [0.2, 0.25) is 8.67 Å². The van der Waals surface area contributed by atoms with Crippen LogP contribution in [0.1, 0.15) is 17.3 Å². The maximum atomic E-state index is 6.20. The number of para-hydroxylation sites is 1. The van der Waals surface area contributed by atoms with E-state index in [1.165, 1.54) is 11.3 Å². The molecule has 1 aromatic carbocycles. The fourth-order valence-electron chi connectivity index (χ4n) is 2.28. The van der Waals surface area contributed by atoms with Crippen molar-refractivity contribution < 1.29 is 0 Å². The van der Waals surface area contributed by atoms with Gasteiger partial charge in [-0.05, 0) is 18.2 Å². The van der Waals surface area contributed by atoms with E-state index < -0.39 is 0 Å². The lowest BCUT2D eigenvalue weighted by atomic mass is 10.0. The Hall–Kier alpha value is -1.17. The van der Waals surface area contributed by atoms with Crippen LogP contribution in [-0.4, -0.2) is 4.98 Å². The number of halogens is 2. The highest BCUT2D eigenvalue weighted by atomic mass is 35.5. The Morgan fingerprint density at radius 3 is 2.71 bits per heavy atom. The first-order valence-corrected chi connectivity index (χ1v) is 8.00. The third-order valence-corrected chi connectivity index (χ3v) is 4.85. The first-order chi connectivity index (χ1) is 10.2. The summed E-state index contributed by atoms with van der Waals surface area (Å²) >= 11 is 13.5. The lowest BCUT2D eigenvalue weighted by Gasteiger charge is -2.15. The van der Waals surface area contributed by atoms with Crippen molar-refractivity contribution in [3.63, 3.8) is 0 Å². The number of fused-ring (bicyclic) bond motifs is 1. The molecule has 1 atom stereocenters. The van der Waals surface area contributed by atoms with Gasteiger partial charge in [0.1, 0.15) is 0 Å². The molecule has 0 saturated heterocycles. The Morgan fingerprint density at radius 1 is 1.19 bits per heavy atom. The van der Waals surface area contributed by atoms with Gasteiger partial charge < -0.3 is 0 Å². The Balaban J connectivity index is 1.90. The number of aromatic nitrogens is 1. The van der Waals surface area contributed by atoms with Gasteiger partial charge in [-0.2, -0.15) is 0 Å². The van der Waals surface area contributed by atoms with E-state index in [0.717, 1.165) is 22.2 Å². The van der Waals surface area contributed by atoms with E-state index in [-0.39, 0.29) is 6.04 Å². The zero-order valence-corrected chi connectivity index (χ0v) is 13.3. The molecule has 0 aliphatic carbocycles. The summed E-state index contributed by atoms with van der Waals surface area (Å²) in [6.07, 6.45) is 0.647. The average molecular weight is 338 g/mol. The first-order valence-electron chi connectivity index (χ1n) is 6.43. The summed E-state index contributed by atoms with van der Waals surface area (Å²) in [6, 6.07) is 13.8. The highest BCUT2D eigenvalue weighted by Crippen LogP contribution is 2.35. The van der Waals surface area contributed by atoms with Crippen molar-refractivity contribution in [3.05, 3.63) is 62.4 Å². The highest BCUT2D eigenvalue weighted by molar-refractivity contribution is 7.20. The molecule has 21 heavy (non-hydrogen) atoms. The first kappa shape index (κ1) is 14.8. The van der Waals surface area contributed by atoms with Gasteiger partial charge in [-0.15, -0.1) is 11.3 Å². The molecular formula is C15H13Cl2N3S. The van der Waals surface area contributed by atoms with Gasteiger partial charge in [0, 0.05) is 23.1 Å². The molecule has 0 radical (unpaired) electrons. The molecule has 0 aliphatic heterocycles. The van der Waals surface area contributed by atoms with Gasteiger partial charge in [0.05, 0.1) is 20.2 Å². The predicted octanol–water partition coefficient (Wildman–Crippen LogP) is 4.35. The van der Waals surface area contributed by atoms with Gasteiger partial charge in [-0.3, -0.25) is 16.3 Å². The molecule has 0 amide bonds. The molecule has 0 aliphatic rings. The number of rotatable bonds is 4. The van der Waals surface area contributed by atoms with E-state index in [1.807, 2.05) is 36.4 Å². The molecule has 3 N–H and O–H groups in total. The molecule has 0 fully saturated rings. The molecular weight excluding hydrogens is 325 g/mol. The second kappa shape index (κ2) is 6.30. The van der Waals surface area contributed by atoms with Crippen molar-refractivity contribution in [1.29, 1.82) is 0 Å². The van der Waals surface area contributed by atoms with Crippen LogP contribution in [-0.2, 0) is 6.42 Å². The van der Waals surface area contributed by atoms with Gasteiger partial charge in [0.2, 0.25) is 0 Å². The van der Waals surface area contributed by atoms with Gasteiger partial charge >= 0.3 is 0 Å². The number of nitrogens with one attached hydrogen (secondary N) is 1. The number of hydrogen-bond acceptors (Lipinski definition) is 4. The van der Waals surface area contributed by atoms with E-state index in [9.17, 15) is 0 Å². The normalized spacial score (nSPS) is 12.7. The van der Waals surface area contributed by atoms with Crippen LogP contribution in [0.5, 0.6) is 0 Å². The second-order valence-electron chi connectivity index (χ2n) is 4.70. The molecule has 6 heteroatoms. The number of pyridine rings is 1. The quantitative estimate of drug-likeness (QED) is 0.549. The Kier molecular flexibility index (Phi) is 4.42. The summed E-state index contributed by atoms with van der Waals surface area (Å²) < 4.78 is 1.31. The molecule has 3 rings (SSSR count). The summed E-state index contributed by atoms with van der Waals surface area (Å²) in [4.78, 5) is 4.66. The molecule has 0 bridgehead atoms. The fraction of sp³-hybridized carbons (Fsp3) is 0.133. The minimum atomic E-state index is -0.116. The summed E-state index contributed by atoms with van der Waals surface area (Å²) in [5.74, 6) is 5.67. The molecule has 3 aromatic rings. The topological polar surface area (TPSA) is 50.9 Å². The second-order valence-corrected chi connectivity index (χ2v) is 6.98. The Bertz CT molecular complexity index is 772. The third kappa shape index (κ3) is 3.20. The van der Waals surface area contributed by atoms with Crippen LogP contribution < -0.4 is 11.3 Å². The van der Waals surface area contributed by atoms with Crippen LogP contribution >= 0.6 is 34.5 Å². The van der Waals surface area contributed by atoms with E-state index in [2.05, 4.69) is 16.5 Å². The fourth-order valence-corrected chi connectivity index (χ4v) is 3.86. The molecule has 2 heterocycles. The van der Waals surface area contributed by atoms with Crippen molar-refractivity contribution >= 4 is 45.4 Å². The molecule has 0 saturated carbocycles. The summed E-state index contributed by atoms with van der Waals surface area (Å²) in [5, 5.41) is 1.12. The number of hydrogen-bond donors (Lipinski definition) is 2. The molecule has 0 spiro atoms. The average Bonchev–Trinajstić information content (AvgIpc) is 2.83. The van der Waals surface area contributed by atoms with E-state index in [1.54, 1.807) is 0 Å². The van der Waals surface area contributed by atoms with E-state index >= 15 is 0 Å². The standard InChI is InChI=1S/C15H13Cl2N3S/c16-14-8-11(15(17)21-14)13(20-18)7-10-6-5-9-3-1-2-4-12(9)19-10/h1-6,8,13,20H,7,18H2. The summed E-state index contributed by atoms with van der Waals surface area (Å²) in [6.45, 7) is 0. The molecule has 3 nitrogen and oxygen atoms in total. The van der Waals surface area contributed by atoms with Crippen molar-refractivity contribution in [2.75, 3.05) is 0 Å². The SMILES string of the molecule is NNC(Cc1ccc2ccccc2n1)c1cc(Cl)sc1Cl. The lowest BCUT2D eigenvalue weighted by molar-refractivity contribution is 0.548. The smallest absolute Gasteiger partial charge is 0.0992 e. The van der Waals surface area contributed by atoms with E-state index in [0.29, 0.717) is 15.1 Å². The Morgan fingerprint density at radius 2 is 2.00 bits per heavy atom. The third-order valence-electron chi connectivity index (χ3n) is 3.33. The number of benzene rings is 1. The number of nitrogens with two attached hydrogens (primary N) is 1. The van der Waals surface area contributed by atoms with Crippen LogP contribution in [0.4, 0.5) is 0 Å². The maximum absolute atomic E-state index is 6.20. The number of hydrazine groups is 1.